The summed E-state index contributed by atoms with van der Waals surface area (Å²) < 4.78 is 54.4. The van der Waals surface area contributed by atoms with Crippen molar-refractivity contribution in [2.45, 2.75) is 43.8 Å². The number of benzene rings is 4. The lowest BCUT2D eigenvalue weighted by atomic mass is 9.80. The van der Waals surface area contributed by atoms with Crippen LogP contribution in [0.4, 0.5) is 13.2 Å². The SMILES string of the molecule is [N-]=[N+]=NCc1ccccc1C[C@@]1(C(=O)NCc2ccccc2C(F)(F)F)N=C(c2ccc(OCCCO)cc2)O[C@@H]1c1ccccc1Br. The van der Waals surface area contributed by atoms with Gasteiger partial charge >= 0.3 is 6.18 Å². The highest BCUT2D eigenvalue weighted by Gasteiger charge is 2.54. The van der Waals surface area contributed by atoms with E-state index in [0.717, 1.165) is 6.07 Å². The Kier molecular flexibility index (Phi) is 11.0. The molecule has 13 heteroatoms. The molecule has 9 nitrogen and oxygen atoms in total. The van der Waals surface area contributed by atoms with E-state index in [2.05, 4.69) is 31.3 Å². The minimum atomic E-state index is -4.62. The molecule has 1 aliphatic heterocycles. The average Bonchev–Trinajstić information content (AvgIpc) is 3.47. The number of nitrogens with one attached hydrogen (secondary N) is 1. The molecular weight excluding hydrogens is 691 g/mol. The van der Waals surface area contributed by atoms with Crippen molar-refractivity contribution in [1.29, 1.82) is 0 Å². The van der Waals surface area contributed by atoms with Gasteiger partial charge in [-0.25, -0.2) is 4.99 Å². The number of aliphatic hydroxyl groups excluding tert-OH is 1. The monoisotopic (exact) mass is 721 g/mol. The van der Waals surface area contributed by atoms with E-state index in [4.69, 9.17) is 25.1 Å². The Hall–Kier alpha value is -4.84. The van der Waals surface area contributed by atoms with Crippen LogP contribution in [0.25, 0.3) is 10.4 Å². The number of carbonyl (C=O) groups excluding carboxylic acids is 1. The number of carbonyl (C=O) groups is 1. The number of ether oxygens (including phenoxy) is 2. The minimum absolute atomic E-state index is 0.00289. The molecule has 0 aliphatic carbocycles. The molecule has 0 fully saturated rings. The molecule has 0 bridgehead atoms. The van der Waals surface area contributed by atoms with E-state index in [0.29, 0.717) is 45.5 Å². The van der Waals surface area contributed by atoms with Gasteiger partial charge in [-0.2, -0.15) is 13.2 Å². The summed E-state index contributed by atoms with van der Waals surface area (Å²) in [6.45, 7) is -0.0766. The fourth-order valence-electron chi connectivity index (χ4n) is 5.51. The predicted molar refractivity (Wildman–Crippen MR) is 177 cm³/mol. The lowest BCUT2D eigenvalue weighted by Gasteiger charge is -2.32. The summed E-state index contributed by atoms with van der Waals surface area (Å²) >= 11 is 3.59. The standard InChI is InChI=1S/C35H31BrF3N5O4/c36-30-13-6-4-11-28(30)31-34(20-24-8-1-2-9-25(24)22-42-44-40,33(46)41-21-26-10-3-5-12-29(26)35(37,38)39)43-32(48-31)23-14-16-27(17-15-23)47-19-7-18-45/h1-6,8-17,31,45H,7,18-22H2,(H,41,46)/t31-,34-/m1/s1. The zero-order chi connectivity index (χ0) is 34.1. The number of nitrogens with zero attached hydrogens (tertiary/aromatic N) is 4. The van der Waals surface area contributed by atoms with E-state index >= 15 is 0 Å². The molecule has 2 atom stereocenters. The second-order valence-electron chi connectivity index (χ2n) is 11.0. The van der Waals surface area contributed by atoms with E-state index in [-0.39, 0.29) is 31.0 Å². The van der Waals surface area contributed by atoms with Crippen LogP contribution in [0.1, 0.15) is 45.9 Å². The van der Waals surface area contributed by atoms with Gasteiger partial charge in [0.15, 0.2) is 11.6 Å². The average molecular weight is 723 g/mol. The number of rotatable bonds is 13. The molecule has 0 saturated carbocycles. The highest BCUT2D eigenvalue weighted by molar-refractivity contribution is 9.10. The third-order valence-electron chi connectivity index (χ3n) is 7.86. The molecule has 1 amide bonds. The van der Waals surface area contributed by atoms with Gasteiger partial charge < -0.3 is 19.9 Å². The minimum Gasteiger partial charge on any atom is -0.494 e. The summed E-state index contributed by atoms with van der Waals surface area (Å²) in [5, 5.41) is 15.5. The molecule has 5 rings (SSSR count). The molecular formula is C35H31BrF3N5O4. The lowest BCUT2D eigenvalue weighted by Crippen LogP contribution is -2.50. The van der Waals surface area contributed by atoms with Crippen LogP contribution in [0.3, 0.4) is 0 Å². The molecule has 4 aromatic rings. The maximum absolute atomic E-state index is 14.6. The fraction of sp³-hybridized carbons (Fsp3) is 0.257. The largest absolute Gasteiger partial charge is 0.494 e. The van der Waals surface area contributed by atoms with Crippen molar-refractivity contribution < 1.29 is 32.5 Å². The molecule has 0 radical (unpaired) electrons. The van der Waals surface area contributed by atoms with Crippen LogP contribution in [0.5, 0.6) is 5.75 Å². The van der Waals surface area contributed by atoms with Crippen molar-refractivity contribution in [2.24, 2.45) is 10.1 Å². The molecule has 248 valence electrons. The molecule has 1 heterocycles. The van der Waals surface area contributed by atoms with Crippen molar-refractivity contribution in [3.8, 4) is 5.75 Å². The molecule has 0 spiro atoms. The van der Waals surface area contributed by atoms with Crippen molar-refractivity contribution in [1.82, 2.24) is 5.32 Å². The highest BCUT2D eigenvalue weighted by Crippen LogP contribution is 2.45. The van der Waals surface area contributed by atoms with Crippen LogP contribution >= 0.6 is 15.9 Å². The van der Waals surface area contributed by atoms with Crippen molar-refractivity contribution in [2.75, 3.05) is 13.2 Å². The van der Waals surface area contributed by atoms with E-state index < -0.39 is 35.8 Å². The number of azide groups is 1. The first kappa shape index (κ1) is 34.5. The van der Waals surface area contributed by atoms with Crippen molar-refractivity contribution in [3.63, 3.8) is 0 Å². The number of aliphatic hydroxyl groups is 1. The number of halogens is 4. The van der Waals surface area contributed by atoms with Crippen molar-refractivity contribution in [3.05, 3.63) is 145 Å². The van der Waals surface area contributed by atoms with Crippen LogP contribution in [0.15, 0.2) is 112 Å². The topological polar surface area (TPSA) is 129 Å². The molecule has 0 unspecified atom stereocenters. The smallest absolute Gasteiger partial charge is 0.416 e. The van der Waals surface area contributed by atoms with Gasteiger partial charge in [0.1, 0.15) is 5.75 Å². The number of hydrogen-bond donors (Lipinski definition) is 2. The molecule has 0 saturated heterocycles. The number of aliphatic imine (C=N–C) groups is 1. The summed E-state index contributed by atoms with van der Waals surface area (Å²) in [5.74, 6) is 0.0567. The first-order valence-electron chi connectivity index (χ1n) is 15.0. The van der Waals surface area contributed by atoms with Gasteiger partial charge in [-0.05, 0) is 58.6 Å². The van der Waals surface area contributed by atoms with Gasteiger partial charge in [-0.15, -0.1) is 0 Å². The van der Waals surface area contributed by atoms with Crippen LogP contribution in [-0.4, -0.2) is 35.7 Å². The lowest BCUT2D eigenvalue weighted by molar-refractivity contribution is -0.138. The van der Waals surface area contributed by atoms with E-state index in [1.165, 1.54) is 18.2 Å². The number of hydrogen-bond acceptors (Lipinski definition) is 6. The van der Waals surface area contributed by atoms with Gasteiger partial charge in [0.2, 0.25) is 5.90 Å². The molecule has 48 heavy (non-hydrogen) atoms. The van der Waals surface area contributed by atoms with Crippen molar-refractivity contribution >= 4 is 27.7 Å². The molecule has 0 aromatic heterocycles. The highest BCUT2D eigenvalue weighted by atomic mass is 79.9. The predicted octanol–water partition coefficient (Wildman–Crippen LogP) is 7.86. The number of alkyl halides is 3. The van der Waals surface area contributed by atoms with E-state index in [9.17, 15) is 18.0 Å². The van der Waals surface area contributed by atoms with Gasteiger partial charge in [0.05, 0.1) is 18.7 Å². The van der Waals surface area contributed by atoms with E-state index in [1.54, 1.807) is 66.7 Å². The first-order chi connectivity index (χ1) is 23.2. The van der Waals surface area contributed by atoms with Crippen LogP contribution in [0.2, 0.25) is 0 Å². The third-order valence-corrected chi connectivity index (χ3v) is 8.58. The summed E-state index contributed by atoms with van der Waals surface area (Å²) in [6.07, 6.45) is -5.20. The fourth-order valence-corrected chi connectivity index (χ4v) is 6.00. The Morgan fingerprint density at radius 2 is 1.67 bits per heavy atom. The van der Waals surface area contributed by atoms with Gasteiger partial charge in [0, 0.05) is 46.5 Å². The quantitative estimate of drug-likeness (QED) is 0.0630. The zero-order valence-electron chi connectivity index (χ0n) is 25.5. The Morgan fingerprint density at radius 1 is 1.00 bits per heavy atom. The Bertz CT molecular complexity index is 1830. The Balaban J connectivity index is 1.62. The van der Waals surface area contributed by atoms with Crippen LogP contribution in [-0.2, 0) is 35.2 Å². The third kappa shape index (κ3) is 7.82. The zero-order valence-corrected chi connectivity index (χ0v) is 27.1. The maximum Gasteiger partial charge on any atom is 0.416 e. The second-order valence-corrected chi connectivity index (χ2v) is 11.8. The molecule has 2 N–H and O–H groups in total. The molecule has 1 aliphatic rings. The van der Waals surface area contributed by atoms with Crippen LogP contribution < -0.4 is 10.1 Å². The van der Waals surface area contributed by atoms with Crippen LogP contribution in [0, 0.1) is 0 Å². The Morgan fingerprint density at radius 3 is 2.35 bits per heavy atom. The van der Waals surface area contributed by atoms with Gasteiger partial charge in [-0.3, -0.25) is 4.79 Å². The molecule has 4 aromatic carbocycles. The summed E-state index contributed by atoms with van der Waals surface area (Å²) in [5.41, 5.74) is 8.78. The number of amides is 1. The second kappa shape index (κ2) is 15.4. The Labute approximate surface area is 283 Å². The maximum atomic E-state index is 14.6. The normalized spacial score (nSPS) is 17.2. The van der Waals surface area contributed by atoms with Gasteiger partial charge in [-0.1, -0.05) is 81.7 Å². The summed E-state index contributed by atoms with van der Waals surface area (Å²) in [4.78, 5) is 22.4. The first-order valence-corrected chi connectivity index (χ1v) is 15.8. The summed E-state index contributed by atoms with van der Waals surface area (Å²) in [7, 11) is 0. The van der Waals surface area contributed by atoms with E-state index in [1.807, 2.05) is 6.07 Å². The summed E-state index contributed by atoms with van der Waals surface area (Å²) in [6, 6.07) is 26.3. The van der Waals surface area contributed by atoms with Gasteiger partial charge in [0.25, 0.3) is 5.91 Å².